The molecular weight excluding hydrogens is 345 g/mol. The molecule has 0 aliphatic rings. The fourth-order valence-electron chi connectivity index (χ4n) is 2.81. The molecule has 0 unspecified atom stereocenters. The topological polar surface area (TPSA) is 39.4 Å². The summed E-state index contributed by atoms with van der Waals surface area (Å²) in [5.74, 6) is 0.799. The first-order valence-corrected chi connectivity index (χ1v) is 7.72. The smallest absolute Gasteiger partial charge is 0.417 e. The third kappa shape index (κ3) is 3.01. The summed E-state index contributed by atoms with van der Waals surface area (Å²) < 4.78 is 49.9. The number of benzene rings is 3. The first-order chi connectivity index (χ1) is 12.4. The summed E-state index contributed by atoms with van der Waals surface area (Å²) >= 11 is 0. The average molecular weight is 356 g/mol. The van der Waals surface area contributed by atoms with Crippen LogP contribution in [0.2, 0.25) is 0 Å². The molecule has 0 atom stereocenters. The Morgan fingerprint density at radius 1 is 0.808 bits per heavy atom. The molecule has 3 aromatic carbocycles. The zero-order chi connectivity index (χ0) is 18.3. The van der Waals surface area contributed by atoms with Crippen LogP contribution in [0.25, 0.3) is 21.7 Å². The Hall–Kier alpha value is -3.28. The molecule has 4 rings (SSSR count). The van der Waals surface area contributed by atoms with Gasteiger partial charge in [-0.15, -0.1) is 0 Å². The molecule has 3 nitrogen and oxygen atoms in total. The second-order valence-corrected chi connectivity index (χ2v) is 5.75. The van der Waals surface area contributed by atoms with Gasteiger partial charge < -0.3 is 9.15 Å². The maximum absolute atomic E-state index is 13.1. The fraction of sp³-hybridized carbons (Fsp3) is 0.0500. The summed E-state index contributed by atoms with van der Waals surface area (Å²) in [6.07, 6.45) is -4.64. The van der Waals surface area contributed by atoms with E-state index in [-0.39, 0.29) is 16.7 Å². The van der Waals surface area contributed by atoms with Gasteiger partial charge in [0.05, 0.1) is 5.56 Å². The van der Waals surface area contributed by atoms with Gasteiger partial charge in [-0.1, -0.05) is 30.3 Å². The molecule has 0 aliphatic heterocycles. The van der Waals surface area contributed by atoms with E-state index in [4.69, 9.17) is 9.15 Å². The first-order valence-electron chi connectivity index (χ1n) is 7.72. The van der Waals surface area contributed by atoms with E-state index >= 15 is 0 Å². The third-order valence-electron chi connectivity index (χ3n) is 3.98. The number of rotatable bonds is 2. The molecule has 0 spiro atoms. The highest BCUT2D eigenvalue weighted by Crippen LogP contribution is 2.35. The van der Waals surface area contributed by atoms with Crippen molar-refractivity contribution in [2.45, 2.75) is 6.18 Å². The predicted octanol–water partition coefficient (Wildman–Crippen LogP) is 5.76. The lowest BCUT2D eigenvalue weighted by Gasteiger charge is -2.11. The predicted molar refractivity (Wildman–Crippen MR) is 91.5 cm³/mol. The normalized spacial score (nSPS) is 11.8. The molecule has 1 heterocycles. The van der Waals surface area contributed by atoms with E-state index in [1.807, 2.05) is 36.4 Å². The van der Waals surface area contributed by atoms with Crippen molar-refractivity contribution in [1.29, 1.82) is 0 Å². The molecule has 4 aromatic rings. The molecule has 0 fully saturated rings. The number of alkyl halides is 3. The molecule has 0 bridgehead atoms. The number of fused-ring (bicyclic) bond motifs is 2. The Kier molecular flexibility index (Phi) is 3.68. The van der Waals surface area contributed by atoms with Crippen LogP contribution in [0.15, 0.2) is 75.9 Å². The highest BCUT2D eigenvalue weighted by molar-refractivity contribution is 5.84. The van der Waals surface area contributed by atoms with Crippen molar-refractivity contribution in [2.24, 2.45) is 0 Å². The van der Waals surface area contributed by atoms with Crippen LogP contribution in [0.4, 0.5) is 13.2 Å². The van der Waals surface area contributed by atoms with E-state index in [1.54, 1.807) is 6.07 Å². The van der Waals surface area contributed by atoms with E-state index in [9.17, 15) is 18.0 Å². The molecule has 6 heteroatoms. The molecule has 0 saturated carbocycles. The van der Waals surface area contributed by atoms with Crippen LogP contribution in [-0.4, -0.2) is 0 Å². The number of ether oxygens (including phenoxy) is 1. The molecule has 0 N–H and O–H groups in total. The Morgan fingerprint density at radius 2 is 1.50 bits per heavy atom. The Morgan fingerprint density at radius 3 is 2.27 bits per heavy atom. The lowest BCUT2D eigenvalue weighted by atomic mass is 10.1. The van der Waals surface area contributed by atoms with Gasteiger partial charge in [0.25, 0.3) is 0 Å². The van der Waals surface area contributed by atoms with Crippen molar-refractivity contribution in [3.8, 4) is 11.5 Å². The Labute approximate surface area is 145 Å². The number of hydrogen-bond acceptors (Lipinski definition) is 3. The van der Waals surface area contributed by atoms with Crippen molar-refractivity contribution in [3.05, 3.63) is 82.7 Å². The van der Waals surface area contributed by atoms with E-state index < -0.39 is 17.4 Å². The fourth-order valence-corrected chi connectivity index (χ4v) is 2.81. The minimum atomic E-state index is -4.64. The zero-order valence-electron chi connectivity index (χ0n) is 13.2. The van der Waals surface area contributed by atoms with Crippen LogP contribution < -0.4 is 10.4 Å². The van der Waals surface area contributed by atoms with Crippen LogP contribution in [0.3, 0.4) is 0 Å². The Bertz CT molecular complexity index is 1180. The highest BCUT2D eigenvalue weighted by Gasteiger charge is 2.33. The lowest BCUT2D eigenvalue weighted by Crippen LogP contribution is -2.10. The maximum Gasteiger partial charge on any atom is 0.417 e. The summed E-state index contributed by atoms with van der Waals surface area (Å²) in [4.78, 5) is 11.5. The van der Waals surface area contributed by atoms with Gasteiger partial charge in [0.1, 0.15) is 17.1 Å². The van der Waals surface area contributed by atoms with Crippen LogP contribution in [0.1, 0.15) is 5.56 Å². The van der Waals surface area contributed by atoms with E-state index in [1.165, 1.54) is 18.2 Å². The average Bonchev–Trinajstić information content (AvgIpc) is 2.60. The lowest BCUT2D eigenvalue weighted by molar-refractivity contribution is -0.136. The monoisotopic (exact) mass is 356 g/mol. The highest BCUT2D eigenvalue weighted by atomic mass is 19.4. The van der Waals surface area contributed by atoms with Crippen molar-refractivity contribution in [1.82, 2.24) is 0 Å². The van der Waals surface area contributed by atoms with Gasteiger partial charge in [-0.3, -0.25) is 0 Å². The largest absolute Gasteiger partial charge is 0.457 e. The minimum absolute atomic E-state index is 0.178. The second kappa shape index (κ2) is 5.91. The third-order valence-corrected chi connectivity index (χ3v) is 3.98. The van der Waals surface area contributed by atoms with E-state index in [2.05, 4.69) is 0 Å². The van der Waals surface area contributed by atoms with Gasteiger partial charge in [-0.2, -0.15) is 13.2 Å². The zero-order valence-corrected chi connectivity index (χ0v) is 13.2. The molecular formula is C20H11F3O3. The van der Waals surface area contributed by atoms with Crippen molar-refractivity contribution in [2.75, 3.05) is 0 Å². The quantitative estimate of drug-likeness (QED) is 0.429. The Balaban J connectivity index is 1.76. The number of halogens is 3. The van der Waals surface area contributed by atoms with Crippen molar-refractivity contribution < 1.29 is 22.3 Å². The molecule has 0 radical (unpaired) electrons. The maximum atomic E-state index is 13.1. The van der Waals surface area contributed by atoms with E-state index in [0.29, 0.717) is 11.8 Å². The van der Waals surface area contributed by atoms with Crippen LogP contribution >= 0.6 is 0 Å². The second-order valence-electron chi connectivity index (χ2n) is 5.75. The van der Waals surface area contributed by atoms with Crippen LogP contribution in [0.5, 0.6) is 11.5 Å². The van der Waals surface area contributed by atoms with Crippen molar-refractivity contribution >= 4 is 21.7 Å². The van der Waals surface area contributed by atoms with Gasteiger partial charge in [0.2, 0.25) is 0 Å². The molecule has 0 saturated heterocycles. The van der Waals surface area contributed by atoms with Crippen molar-refractivity contribution in [3.63, 3.8) is 0 Å². The first kappa shape index (κ1) is 16.2. The van der Waals surface area contributed by atoms with Gasteiger partial charge in [0, 0.05) is 17.5 Å². The number of hydrogen-bond donors (Lipinski definition) is 0. The summed E-state index contributed by atoms with van der Waals surface area (Å²) in [6, 6.07) is 17.5. The molecule has 130 valence electrons. The molecule has 26 heavy (non-hydrogen) atoms. The summed E-state index contributed by atoms with van der Waals surface area (Å²) in [5.41, 5.74) is -2.27. The van der Waals surface area contributed by atoms with Crippen LogP contribution in [-0.2, 0) is 6.18 Å². The minimum Gasteiger partial charge on any atom is -0.457 e. The van der Waals surface area contributed by atoms with Gasteiger partial charge in [-0.25, -0.2) is 4.79 Å². The van der Waals surface area contributed by atoms with Gasteiger partial charge >= 0.3 is 11.8 Å². The molecule has 0 aliphatic carbocycles. The van der Waals surface area contributed by atoms with E-state index in [0.717, 1.165) is 10.8 Å². The SMILES string of the molecule is O=c1cc(C(F)(F)F)c2ccc(Oc3ccc4ccccc4c3)cc2o1. The molecule has 1 aromatic heterocycles. The van der Waals surface area contributed by atoms with Gasteiger partial charge in [-0.05, 0) is 35.0 Å². The summed E-state index contributed by atoms with van der Waals surface area (Å²) in [5, 5.41) is 1.82. The molecule has 0 amide bonds. The summed E-state index contributed by atoms with van der Waals surface area (Å²) in [6.45, 7) is 0. The van der Waals surface area contributed by atoms with Gasteiger partial charge in [0.15, 0.2) is 0 Å². The van der Waals surface area contributed by atoms with Crippen LogP contribution in [0, 0.1) is 0 Å². The standard InChI is InChI=1S/C20H11F3O3/c21-20(22,23)17-11-19(24)26-18-10-15(7-8-16(17)18)25-14-6-5-12-3-1-2-4-13(12)9-14/h1-11H. The summed E-state index contributed by atoms with van der Waals surface area (Å²) in [7, 11) is 0.